The number of hydrogen-bond acceptors (Lipinski definition) is 6. The van der Waals surface area contributed by atoms with Crippen molar-refractivity contribution in [3.63, 3.8) is 0 Å². The third kappa shape index (κ3) is 3.28. The number of carbonyl (C=O) groups excluding carboxylic acids is 1. The fourth-order valence-corrected chi connectivity index (χ4v) is 3.27. The van der Waals surface area contributed by atoms with E-state index < -0.39 is 5.91 Å². The van der Waals surface area contributed by atoms with Crippen LogP contribution in [-0.4, -0.2) is 28.0 Å². The first-order chi connectivity index (χ1) is 12.1. The smallest absolute Gasteiger partial charge is 0.254 e. The molecule has 2 atom stereocenters. The van der Waals surface area contributed by atoms with Crippen LogP contribution in [0.1, 0.15) is 46.8 Å². The van der Waals surface area contributed by atoms with Crippen LogP contribution >= 0.6 is 0 Å². The molecule has 1 aromatic carbocycles. The summed E-state index contributed by atoms with van der Waals surface area (Å²) >= 11 is 0. The van der Waals surface area contributed by atoms with Crippen LogP contribution in [0.2, 0.25) is 0 Å². The van der Waals surface area contributed by atoms with Crippen LogP contribution in [0.4, 0.5) is 11.8 Å². The second kappa shape index (κ2) is 6.33. The van der Waals surface area contributed by atoms with E-state index in [0.29, 0.717) is 23.4 Å². The molecule has 0 bridgehead atoms. The fourth-order valence-electron chi connectivity index (χ4n) is 3.27. The van der Waals surface area contributed by atoms with Crippen molar-refractivity contribution in [1.82, 2.24) is 9.97 Å². The maximum Gasteiger partial charge on any atom is 0.254 e. The zero-order valence-corrected chi connectivity index (χ0v) is 13.9. The summed E-state index contributed by atoms with van der Waals surface area (Å²) < 4.78 is 0. The van der Waals surface area contributed by atoms with Crippen molar-refractivity contribution in [2.24, 2.45) is 11.5 Å². The van der Waals surface area contributed by atoms with E-state index in [-0.39, 0.29) is 12.1 Å². The predicted molar refractivity (Wildman–Crippen MR) is 96.3 cm³/mol. The van der Waals surface area contributed by atoms with E-state index in [4.69, 9.17) is 11.5 Å². The molecule has 0 spiro atoms. The normalized spacial score (nSPS) is 22.1. The van der Waals surface area contributed by atoms with Gasteiger partial charge in [0.1, 0.15) is 5.82 Å². The average Bonchev–Trinajstić information content (AvgIpc) is 3.41. The van der Waals surface area contributed by atoms with Crippen molar-refractivity contribution >= 4 is 17.7 Å². The molecule has 1 saturated carbocycles. The van der Waals surface area contributed by atoms with E-state index in [1.54, 1.807) is 0 Å². The van der Waals surface area contributed by atoms with Gasteiger partial charge in [-0.05, 0) is 36.8 Å². The number of fused-ring (bicyclic) bond motifs is 1. The van der Waals surface area contributed by atoms with Gasteiger partial charge < -0.3 is 22.1 Å². The predicted octanol–water partition coefficient (Wildman–Crippen LogP) is 1.58. The maximum atomic E-state index is 11.6. The summed E-state index contributed by atoms with van der Waals surface area (Å²) in [5.41, 5.74) is 14.6. The molecule has 2 aliphatic rings. The Morgan fingerprint density at radius 1 is 1.16 bits per heavy atom. The third-order valence-electron chi connectivity index (χ3n) is 4.82. The van der Waals surface area contributed by atoms with Gasteiger partial charge in [0, 0.05) is 18.3 Å². The lowest BCUT2D eigenvalue weighted by molar-refractivity contribution is 0.100. The van der Waals surface area contributed by atoms with Gasteiger partial charge in [-0.25, -0.2) is 4.98 Å². The van der Waals surface area contributed by atoms with Crippen LogP contribution in [0, 0.1) is 0 Å². The second-order valence-corrected chi connectivity index (χ2v) is 6.76. The van der Waals surface area contributed by atoms with E-state index in [0.717, 1.165) is 25.7 Å². The van der Waals surface area contributed by atoms with Gasteiger partial charge in [0.2, 0.25) is 5.95 Å². The minimum Gasteiger partial charge on any atom is -0.367 e. The van der Waals surface area contributed by atoms with Crippen LogP contribution in [-0.2, 0) is 6.42 Å². The van der Waals surface area contributed by atoms with E-state index in [1.165, 1.54) is 17.3 Å². The third-order valence-corrected chi connectivity index (χ3v) is 4.82. The zero-order chi connectivity index (χ0) is 17.4. The van der Waals surface area contributed by atoms with E-state index in [2.05, 4.69) is 32.7 Å². The summed E-state index contributed by atoms with van der Waals surface area (Å²) in [6.45, 7) is 0. The number of anilines is 2. The van der Waals surface area contributed by atoms with Gasteiger partial charge >= 0.3 is 0 Å². The van der Waals surface area contributed by atoms with Gasteiger partial charge in [-0.2, -0.15) is 4.98 Å². The highest BCUT2D eigenvalue weighted by Crippen LogP contribution is 2.32. The zero-order valence-electron chi connectivity index (χ0n) is 13.9. The van der Waals surface area contributed by atoms with Gasteiger partial charge in [0.15, 0.2) is 0 Å². The highest BCUT2D eigenvalue weighted by molar-refractivity contribution is 5.97. The molecule has 7 heteroatoms. The summed E-state index contributed by atoms with van der Waals surface area (Å²) in [6, 6.07) is 8.57. The van der Waals surface area contributed by atoms with Crippen molar-refractivity contribution in [3.05, 3.63) is 47.2 Å². The maximum absolute atomic E-state index is 11.6. The molecule has 6 N–H and O–H groups in total. The SMILES string of the molecule is NC(=O)c1cnc(NC2c3ccccc3CCC2N)nc1NC1CC1. The topological polar surface area (TPSA) is 119 Å². The van der Waals surface area contributed by atoms with Crippen LogP contribution in [0.15, 0.2) is 30.5 Å². The number of hydrogen-bond donors (Lipinski definition) is 4. The summed E-state index contributed by atoms with van der Waals surface area (Å²) in [5, 5.41) is 6.60. The van der Waals surface area contributed by atoms with E-state index >= 15 is 0 Å². The molecule has 130 valence electrons. The van der Waals surface area contributed by atoms with Crippen LogP contribution in [0.3, 0.4) is 0 Å². The Kier molecular flexibility index (Phi) is 4.01. The van der Waals surface area contributed by atoms with Crippen LogP contribution in [0.5, 0.6) is 0 Å². The standard InChI is InChI=1S/C18H22N6O/c19-14-8-5-10-3-1-2-4-12(10)15(14)23-18-21-9-13(16(20)25)17(24-18)22-11-6-7-11/h1-4,9,11,14-15H,5-8,19H2,(H2,20,25)(H2,21,22,23,24). The number of aryl methyl sites for hydroxylation is 1. The van der Waals surface area contributed by atoms with Crippen molar-refractivity contribution in [2.75, 3.05) is 10.6 Å². The van der Waals surface area contributed by atoms with Crippen molar-refractivity contribution < 1.29 is 4.79 Å². The first-order valence-corrected chi connectivity index (χ1v) is 8.65. The largest absolute Gasteiger partial charge is 0.367 e. The Morgan fingerprint density at radius 2 is 1.96 bits per heavy atom. The molecule has 2 aliphatic carbocycles. The quantitative estimate of drug-likeness (QED) is 0.657. The number of nitrogens with two attached hydrogens (primary N) is 2. The second-order valence-electron chi connectivity index (χ2n) is 6.76. The highest BCUT2D eigenvalue weighted by Gasteiger charge is 2.28. The molecular formula is C18H22N6O. The van der Waals surface area contributed by atoms with Crippen molar-refractivity contribution in [1.29, 1.82) is 0 Å². The number of aromatic nitrogens is 2. The molecule has 1 fully saturated rings. The van der Waals surface area contributed by atoms with Crippen molar-refractivity contribution in [3.8, 4) is 0 Å². The van der Waals surface area contributed by atoms with Gasteiger partial charge in [-0.15, -0.1) is 0 Å². The van der Waals surface area contributed by atoms with Crippen molar-refractivity contribution in [2.45, 2.75) is 43.8 Å². The van der Waals surface area contributed by atoms with Gasteiger partial charge in [-0.1, -0.05) is 24.3 Å². The Hall–Kier alpha value is -2.67. The molecule has 7 nitrogen and oxygen atoms in total. The molecule has 2 aromatic rings. The molecule has 0 aliphatic heterocycles. The number of amides is 1. The number of carbonyl (C=O) groups is 1. The molecule has 0 saturated heterocycles. The van der Waals surface area contributed by atoms with Gasteiger partial charge in [0.05, 0.1) is 11.6 Å². The minimum atomic E-state index is -0.533. The Balaban J connectivity index is 1.63. The van der Waals surface area contributed by atoms with Crippen LogP contribution < -0.4 is 22.1 Å². The van der Waals surface area contributed by atoms with Gasteiger partial charge in [-0.3, -0.25) is 4.79 Å². The summed E-state index contributed by atoms with van der Waals surface area (Å²) in [7, 11) is 0. The first-order valence-electron chi connectivity index (χ1n) is 8.65. The lowest BCUT2D eigenvalue weighted by Gasteiger charge is -2.32. The Labute approximate surface area is 146 Å². The molecule has 0 radical (unpaired) electrons. The summed E-state index contributed by atoms with van der Waals surface area (Å²) in [5.74, 6) is 0.407. The first kappa shape index (κ1) is 15.8. The Morgan fingerprint density at radius 3 is 2.72 bits per heavy atom. The number of rotatable bonds is 5. The molecule has 1 amide bonds. The van der Waals surface area contributed by atoms with Crippen LogP contribution in [0.25, 0.3) is 0 Å². The number of primary amides is 1. The monoisotopic (exact) mass is 338 g/mol. The van der Waals surface area contributed by atoms with E-state index in [9.17, 15) is 4.79 Å². The molecule has 4 rings (SSSR count). The lowest BCUT2D eigenvalue weighted by Crippen LogP contribution is -2.37. The lowest BCUT2D eigenvalue weighted by atomic mass is 9.84. The van der Waals surface area contributed by atoms with Gasteiger partial charge in [0.25, 0.3) is 5.91 Å². The summed E-state index contributed by atoms with van der Waals surface area (Å²) in [6.07, 6.45) is 5.51. The average molecular weight is 338 g/mol. The molecule has 25 heavy (non-hydrogen) atoms. The molecule has 1 aromatic heterocycles. The number of nitrogens with one attached hydrogen (secondary N) is 2. The van der Waals surface area contributed by atoms with E-state index in [1.807, 2.05) is 12.1 Å². The molecular weight excluding hydrogens is 316 g/mol. The molecule has 1 heterocycles. The number of nitrogens with zero attached hydrogens (tertiary/aromatic N) is 2. The molecule has 2 unspecified atom stereocenters. The summed E-state index contributed by atoms with van der Waals surface area (Å²) in [4.78, 5) is 20.4. The highest BCUT2D eigenvalue weighted by atomic mass is 16.1. The number of benzene rings is 1. The Bertz CT molecular complexity index is 804. The fraction of sp³-hybridized carbons (Fsp3) is 0.389. The minimum absolute atomic E-state index is 0.0193.